The van der Waals surface area contributed by atoms with Crippen LogP contribution in [0.4, 0.5) is 0 Å². The third kappa shape index (κ3) is 10.8. The van der Waals surface area contributed by atoms with Crippen molar-refractivity contribution in [2.75, 3.05) is 6.61 Å². The van der Waals surface area contributed by atoms with Gasteiger partial charge in [0.2, 0.25) is 0 Å². The van der Waals surface area contributed by atoms with Gasteiger partial charge in [0.15, 0.2) is 0 Å². The third-order valence-corrected chi connectivity index (χ3v) is 9.26. The van der Waals surface area contributed by atoms with Crippen molar-refractivity contribution in [2.45, 2.75) is 57.5 Å². The fourth-order valence-corrected chi connectivity index (χ4v) is 6.44. The molecule has 0 bridgehead atoms. The van der Waals surface area contributed by atoms with E-state index >= 15 is 0 Å². The maximum absolute atomic E-state index is 6.88. The van der Waals surface area contributed by atoms with Crippen LogP contribution >= 0.6 is 0 Å². The summed E-state index contributed by atoms with van der Waals surface area (Å²) in [7, 11) is 0. The zero-order valence-electron chi connectivity index (χ0n) is 30.3. The molecule has 0 N–H and O–H groups in total. The Labute approximate surface area is 318 Å². The first kappa shape index (κ1) is 36.8. The molecule has 6 aromatic carbocycles. The zero-order chi connectivity index (χ0) is 36.6. The highest BCUT2D eigenvalue weighted by Crippen LogP contribution is 2.33. The molecule has 4 atom stereocenters. The maximum Gasteiger partial charge on any atom is 0.146 e. The molecule has 274 valence electrons. The third-order valence-electron chi connectivity index (χ3n) is 9.26. The van der Waals surface area contributed by atoms with E-state index in [1.54, 1.807) is 0 Å². The van der Waals surface area contributed by atoms with E-state index < -0.39 is 24.4 Å². The van der Waals surface area contributed by atoms with Crippen LogP contribution in [0.25, 0.3) is 0 Å². The van der Waals surface area contributed by atoms with Gasteiger partial charge >= 0.3 is 0 Å². The zero-order valence-corrected chi connectivity index (χ0v) is 30.3. The highest BCUT2D eigenvalue weighted by molar-refractivity contribution is 5.33. The van der Waals surface area contributed by atoms with Gasteiger partial charge in [0.1, 0.15) is 42.5 Å². The van der Waals surface area contributed by atoms with Crippen LogP contribution in [-0.2, 0) is 52.0 Å². The van der Waals surface area contributed by atoms with E-state index in [4.69, 9.17) is 28.4 Å². The van der Waals surface area contributed by atoms with Crippen LogP contribution in [0.1, 0.15) is 27.8 Å². The number of rotatable bonds is 18. The van der Waals surface area contributed by atoms with Gasteiger partial charge in [-0.1, -0.05) is 152 Å². The predicted molar refractivity (Wildman–Crippen MR) is 211 cm³/mol. The van der Waals surface area contributed by atoms with Crippen molar-refractivity contribution in [3.05, 3.63) is 215 Å². The van der Waals surface area contributed by atoms with Crippen molar-refractivity contribution in [3.8, 4) is 11.5 Å². The van der Waals surface area contributed by atoms with Crippen molar-refractivity contribution >= 4 is 0 Å². The molecule has 0 heterocycles. The molecule has 0 fully saturated rings. The van der Waals surface area contributed by atoms with Gasteiger partial charge in [0.05, 0.1) is 33.0 Å². The Kier molecular flexibility index (Phi) is 13.3. The number of hydrogen-bond acceptors (Lipinski definition) is 6. The van der Waals surface area contributed by atoms with E-state index in [0.717, 1.165) is 39.1 Å². The van der Waals surface area contributed by atoms with Crippen molar-refractivity contribution < 1.29 is 28.4 Å². The molecular formula is C48H46O6. The fraction of sp³-hybridized carbons (Fsp3) is 0.208. The first-order valence-corrected chi connectivity index (χ1v) is 18.5. The molecule has 6 aromatic rings. The number of ether oxygens (including phenoxy) is 6. The number of hydrogen-bond donors (Lipinski definition) is 0. The Morgan fingerprint density at radius 3 is 1.26 bits per heavy atom. The summed E-state index contributed by atoms with van der Waals surface area (Å²) in [6.45, 7) is 2.43. The molecule has 0 saturated carbocycles. The average Bonchev–Trinajstić information content (AvgIpc) is 3.24. The standard InChI is InChI=1S/C48H46O6/c1-6-16-37(17-7-1)31-49-36-42-30-45(54-44-28-26-43(27-29-44)50-32-38-18-8-2-9-19-38)47(52-34-40-22-12-4-13-23-40)48(53-35-41-24-14-5-15-25-41)46(42)51-33-39-20-10-3-11-21-39/h1-30,45-48H,31-36H2. The van der Waals surface area contributed by atoms with Gasteiger partial charge in [-0.15, -0.1) is 0 Å². The summed E-state index contributed by atoms with van der Waals surface area (Å²) in [5.74, 6) is 1.45. The van der Waals surface area contributed by atoms with Crippen molar-refractivity contribution in [3.63, 3.8) is 0 Å². The Bertz CT molecular complexity index is 1970. The van der Waals surface area contributed by atoms with E-state index in [0.29, 0.717) is 45.4 Å². The molecule has 0 amide bonds. The van der Waals surface area contributed by atoms with Crippen LogP contribution in [0.5, 0.6) is 11.5 Å². The average molecular weight is 719 g/mol. The topological polar surface area (TPSA) is 55.4 Å². The first-order valence-electron chi connectivity index (χ1n) is 18.5. The second-order valence-electron chi connectivity index (χ2n) is 13.3. The van der Waals surface area contributed by atoms with E-state index in [1.165, 1.54) is 0 Å². The van der Waals surface area contributed by atoms with Gasteiger partial charge in [-0.2, -0.15) is 0 Å². The lowest BCUT2D eigenvalue weighted by Crippen LogP contribution is -2.54. The lowest BCUT2D eigenvalue weighted by molar-refractivity contribution is -0.169. The maximum atomic E-state index is 6.88. The Balaban J connectivity index is 1.19. The molecule has 0 aliphatic heterocycles. The Hall–Kier alpha value is -5.50. The summed E-state index contributed by atoms with van der Waals surface area (Å²) in [6.07, 6.45) is 0.0629. The van der Waals surface area contributed by atoms with Crippen LogP contribution in [0.3, 0.4) is 0 Å². The highest BCUT2D eigenvalue weighted by Gasteiger charge is 2.44. The Morgan fingerprint density at radius 2 is 0.759 bits per heavy atom. The van der Waals surface area contributed by atoms with Gasteiger partial charge in [0.25, 0.3) is 0 Å². The predicted octanol–water partition coefficient (Wildman–Crippen LogP) is 9.93. The molecule has 0 radical (unpaired) electrons. The molecule has 0 spiro atoms. The lowest BCUT2D eigenvalue weighted by atomic mass is 9.88. The second-order valence-corrected chi connectivity index (χ2v) is 13.3. The van der Waals surface area contributed by atoms with Gasteiger partial charge in [-0.25, -0.2) is 0 Å². The van der Waals surface area contributed by atoms with E-state index in [1.807, 2.05) is 115 Å². The van der Waals surface area contributed by atoms with Crippen LogP contribution in [-0.4, -0.2) is 31.0 Å². The SMILES string of the molecule is C1=C(COCc2ccccc2)C(OCc2ccccc2)C(OCc2ccccc2)C(OCc2ccccc2)C1Oc1ccc(OCc2ccccc2)cc1. The van der Waals surface area contributed by atoms with Gasteiger partial charge in [0, 0.05) is 0 Å². The molecule has 7 rings (SSSR count). The molecule has 4 unspecified atom stereocenters. The van der Waals surface area contributed by atoms with E-state index in [2.05, 4.69) is 66.7 Å². The van der Waals surface area contributed by atoms with Gasteiger partial charge < -0.3 is 28.4 Å². The van der Waals surface area contributed by atoms with E-state index in [-0.39, 0.29) is 0 Å². The molecule has 0 saturated heterocycles. The van der Waals surface area contributed by atoms with Crippen molar-refractivity contribution in [2.24, 2.45) is 0 Å². The first-order chi connectivity index (χ1) is 26.8. The minimum absolute atomic E-state index is 0.330. The monoisotopic (exact) mass is 718 g/mol. The fourth-order valence-electron chi connectivity index (χ4n) is 6.44. The van der Waals surface area contributed by atoms with Gasteiger partial charge in [-0.05, 0) is 63.7 Å². The quantitative estimate of drug-likeness (QED) is 0.0825. The summed E-state index contributed by atoms with van der Waals surface area (Å²) in [5.41, 5.74) is 6.32. The number of benzene rings is 6. The van der Waals surface area contributed by atoms with Crippen LogP contribution < -0.4 is 9.47 Å². The van der Waals surface area contributed by atoms with Crippen LogP contribution in [0.15, 0.2) is 188 Å². The molecule has 6 heteroatoms. The van der Waals surface area contributed by atoms with Crippen molar-refractivity contribution in [1.82, 2.24) is 0 Å². The largest absolute Gasteiger partial charge is 0.489 e. The van der Waals surface area contributed by atoms with Crippen molar-refractivity contribution in [1.29, 1.82) is 0 Å². The minimum Gasteiger partial charge on any atom is -0.489 e. The summed E-state index contributed by atoms with van der Waals surface area (Å²) in [5, 5.41) is 0. The lowest BCUT2D eigenvalue weighted by Gasteiger charge is -2.41. The molecule has 1 aliphatic rings. The normalized spacial score (nSPS) is 18.1. The molecule has 1 aliphatic carbocycles. The van der Waals surface area contributed by atoms with Crippen LogP contribution in [0, 0.1) is 0 Å². The molecule has 54 heavy (non-hydrogen) atoms. The second kappa shape index (κ2) is 19.5. The summed E-state index contributed by atoms with van der Waals surface area (Å²) in [6, 6.07) is 58.6. The highest BCUT2D eigenvalue weighted by atomic mass is 16.6. The van der Waals surface area contributed by atoms with E-state index in [9.17, 15) is 0 Å². The summed E-state index contributed by atoms with van der Waals surface area (Å²) >= 11 is 0. The van der Waals surface area contributed by atoms with Gasteiger partial charge in [-0.3, -0.25) is 0 Å². The molecule has 6 nitrogen and oxygen atoms in total. The minimum atomic E-state index is -0.531. The Morgan fingerprint density at radius 1 is 0.352 bits per heavy atom. The smallest absolute Gasteiger partial charge is 0.146 e. The van der Waals surface area contributed by atoms with Crippen LogP contribution in [0.2, 0.25) is 0 Å². The summed E-state index contributed by atoms with van der Waals surface area (Å²) < 4.78 is 39.8. The summed E-state index contributed by atoms with van der Waals surface area (Å²) in [4.78, 5) is 0. The molecular weight excluding hydrogens is 673 g/mol. The molecule has 0 aromatic heterocycles.